The van der Waals surface area contributed by atoms with Crippen molar-refractivity contribution >= 4 is 51.9 Å². The van der Waals surface area contributed by atoms with E-state index in [9.17, 15) is 18.8 Å². The molecule has 1 aliphatic heterocycles. The topological polar surface area (TPSA) is 127 Å². The number of hydrogen-bond donors (Lipinski definition) is 2. The Bertz CT molecular complexity index is 1310. The second-order valence-electron chi connectivity index (χ2n) is 8.74. The molecular formula is C24H23ClFN5O5. The summed E-state index contributed by atoms with van der Waals surface area (Å²) in [7, 11) is 0. The van der Waals surface area contributed by atoms with Gasteiger partial charge < -0.3 is 24.7 Å². The van der Waals surface area contributed by atoms with Gasteiger partial charge in [-0.1, -0.05) is 11.6 Å². The number of rotatable bonds is 5. The Balaban J connectivity index is 1.33. The average Bonchev–Trinajstić information content (AvgIpc) is 3.23. The molecule has 0 aromatic carbocycles. The number of furan rings is 1. The predicted molar refractivity (Wildman–Crippen MR) is 128 cm³/mol. The first-order valence-electron chi connectivity index (χ1n) is 11.6. The number of nitrogens with one attached hydrogen (secondary N) is 2. The maximum atomic E-state index is 13.9. The van der Waals surface area contributed by atoms with Crippen LogP contribution in [0.3, 0.4) is 0 Å². The van der Waals surface area contributed by atoms with Crippen LogP contribution in [-0.4, -0.2) is 58.4 Å². The van der Waals surface area contributed by atoms with E-state index in [1.807, 2.05) is 4.90 Å². The van der Waals surface area contributed by atoms with E-state index in [0.29, 0.717) is 43.9 Å². The lowest BCUT2D eigenvalue weighted by molar-refractivity contribution is -0.146. The molecule has 0 unspecified atom stereocenters. The number of aromatic nitrogens is 2. The number of nitrogens with zero attached hydrogens (tertiary/aromatic N) is 3. The van der Waals surface area contributed by atoms with Crippen LogP contribution in [-0.2, 0) is 14.3 Å². The lowest BCUT2D eigenvalue weighted by atomic mass is 9.84. The van der Waals surface area contributed by atoms with Crippen molar-refractivity contribution in [2.24, 2.45) is 5.92 Å². The fraction of sp³-hybridized carbons (Fsp3) is 0.375. The van der Waals surface area contributed by atoms with Crippen LogP contribution in [0, 0.1) is 11.9 Å². The maximum absolute atomic E-state index is 13.9. The van der Waals surface area contributed by atoms with Gasteiger partial charge in [0.05, 0.1) is 11.6 Å². The lowest BCUT2D eigenvalue weighted by Gasteiger charge is -2.38. The quantitative estimate of drug-likeness (QED) is 0.497. The number of carbonyl (C=O) groups is 3. The number of fused-ring (bicyclic) bond motifs is 1. The van der Waals surface area contributed by atoms with Crippen LogP contribution >= 0.6 is 11.6 Å². The second-order valence-corrected chi connectivity index (χ2v) is 9.17. The van der Waals surface area contributed by atoms with Crippen LogP contribution in [0.25, 0.3) is 11.1 Å². The summed E-state index contributed by atoms with van der Waals surface area (Å²) in [5.41, 5.74) is 0.173. The van der Waals surface area contributed by atoms with E-state index in [0.717, 1.165) is 6.07 Å². The standard InChI is InChI=1S/C24H23ClFN5O5/c25-14-3-8-18(27-11-14)29-24(34)22-21(20-16(36-22)6-7-17(26)28-20)30-23(33)13-1-4-15(5-2-13)31-9-10-35-12-19(31)32/h3,6-8,11,13,15H,1-2,4-5,9-10,12H2,(H,30,33)(H,27,29,34)/t13-,15-. The minimum Gasteiger partial charge on any atom is -0.447 e. The van der Waals surface area contributed by atoms with Gasteiger partial charge in [-0.2, -0.15) is 4.39 Å². The minimum atomic E-state index is -0.777. The molecule has 12 heteroatoms. The summed E-state index contributed by atoms with van der Waals surface area (Å²) in [5, 5.41) is 5.72. The lowest BCUT2D eigenvalue weighted by Crippen LogP contribution is -2.49. The predicted octanol–water partition coefficient (Wildman–Crippen LogP) is 3.62. The highest BCUT2D eigenvalue weighted by Crippen LogP contribution is 2.33. The van der Waals surface area contributed by atoms with Crippen LogP contribution in [0.2, 0.25) is 5.02 Å². The highest BCUT2D eigenvalue weighted by Gasteiger charge is 2.34. The number of halogens is 2. The van der Waals surface area contributed by atoms with Crippen molar-refractivity contribution in [3.05, 3.63) is 47.2 Å². The summed E-state index contributed by atoms with van der Waals surface area (Å²) in [6.45, 7) is 1.16. The Kier molecular flexibility index (Phi) is 6.84. The van der Waals surface area contributed by atoms with E-state index < -0.39 is 11.9 Å². The fourth-order valence-electron chi connectivity index (χ4n) is 4.64. The molecule has 3 aromatic heterocycles. The highest BCUT2D eigenvalue weighted by molar-refractivity contribution is 6.30. The number of morpholine rings is 1. The minimum absolute atomic E-state index is 0.00792. The number of anilines is 2. The summed E-state index contributed by atoms with van der Waals surface area (Å²) in [6, 6.07) is 5.59. The number of amides is 3. The third-order valence-electron chi connectivity index (χ3n) is 6.45. The number of hydrogen-bond acceptors (Lipinski definition) is 7. The summed E-state index contributed by atoms with van der Waals surface area (Å²) < 4.78 is 24.8. The third-order valence-corrected chi connectivity index (χ3v) is 6.68. The van der Waals surface area contributed by atoms with Crippen LogP contribution in [0.5, 0.6) is 0 Å². The molecule has 2 fully saturated rings. The second kappa shape index (κ2) is 10.2. The van der Waals surface area contributed by atoms with E-state index >= 15 is 0 Å². The smallest absolute Gasteiger partial charge is 0.294 e. The first-order valence-corrected chi connectivity index (χ1v) is 12.0. The molecule has 36 heavy (non-hydrogen) atoms. The van der Waals surface area contributed by atoms with Crippen molar-refractivity contribution in [3.63, 3.8) is 0 Å². The molecule has 3 aromatic rings. The van der Waals surface area contributed by atoms with Gasteiger partial charge in [-0.05, 0) is 49.9 Å². The van der Waals surface area contributed by atoms with Gasteiger partial charge in [0.1, 0.15) is 23.6 Å². The highest BCUT2D eigenvalue weighted by atomic mass is 35.5. The fourth-order valence-corrected chi connectivity index (χ4v) is 4.75. The van der Waals surface area contributed by atoms with Gasteiger partial charge in [0.2, 0.25) is 23.5 Å². The zero-order valence-corrected chi connectivity index (χ0v) is 19.9. The van der Waals surface area contributed by atoms with Gasteiger partial charge in [0, 0.05) is 24.7 Å². The molecule has 0 bridgehead atoms. The maximum Gasteiger partial charge on any atom is 0.294 e. The molecule has 4 heterocycles. The number of carbonyl (C=O) groups excluding carboxylic acids is 3. The summed E-state index contributed by atoms with van der Waals surface area (Å²) in [5.74, 6) is -2.16. The van der Waals surface area contributed by atoms with Crippen molar-refractivity contribution in [3.8, 4) is 0 Å². The Labute approximate surface area is 210 Å². The third kappa shape index (κ3) is 5.02. The molecule has 2 N–H and O–H groups in total. The SMILES string of the molecule is O=C(Nc1ccc(Cl)cn1)c1oc2ccc(F)nc2c1NC(=O)[C@H]1CC[C@H](N2CCOCC2=O)CC1. The van der Waals surface area contributed by atoms with Gasteiger partial charge in [-0.3, -0.25) is 14.4 Å². The first-order chi connectivity index (χ1) is 17.4. The van der Waals surface area contributed by atoms with Crippen molar-refractivity contribution < 1.29 is 27.9 Å². The summed E-state index contributed by atoms with van der Waals surface area (Å²) >= 11 is 5.84. The van der Waals surface area contributed by atoms with Crippen LogP contribution in [0.4, 0.5) is 15.9 Å². The van der Waals surface area contributed by atoms with Gasteiger partial charge in [-0.25, -0.2) is 9.97 Å². The molecule has 0 spiro atoms. The van der Waals surface area contributed by atoms with Crippen molar-refractivity contribution in [1.82, 2.24) is 14.9 Å². The number of pyridine rings is 2. The number of ether oxygens (including phenoxy) is 1. The van der Waals surface area contributed by atoms with Gasteiger partial charge in [-0.15, -0.1) is 0 Å². The molecule has 5 rings (SSSR count). The zero-order valence-electron chi connectivity index (χ0n) is 19.1. The van der Waals surface area contributed by atoms with E-state index in [2.05, 4.69) is 20.6 Å². The molecule has 2 aliphatic rings. The Hall–Kier alpha value is -3.57. The van der Waals surface area contributed by atoms with E-state index in [1.165, 1.54) is 18.3 Å². The average molecular weight is 516 g/mol. The summed E-state index contributed by atoms with van der Waals surface area (Å²) in [6.07, 6.45) is 3.86. The molecule has 3 amide bonds. The summed E-state index contributed by atoms with van der Waals surface area (Å²) in [4.78, 5) is 48.0. The largest absolute Gasteiger partial charge is 0.447 e. The molecule has 0 radical (unpaired) electrons. The molecular weight excluding hydrogens is 493 g/mol. The molecule has 1 saturated carbocycles. The van der Waals surface area contributed by atoms with Crippen LogP contribution < -0.4 is 10.6 Å². The van der Waals surface area contributed by atoms with Crippen LogP contribution in [0.15, 0.2) is 34.9 Å². The van der Waals surface area contributed by atoms with Crippen molar-refractivity contribution in [2.45, 2.75) is 31.7 Å². The van der Waals surface area contributed by atoms with Crippen molar-refractivity contribution in [2.75, 3.05) is 30.4 Å². The molecule has 188 valence electrons. The molecule has 1 saturated heterocycles. The Morgan fingerprint density at radius 1 is 1.11 bits per heavy atom. The molecule has 10 nitrogen and oxygen atoms in total. The molecule has 0 atom stereocenters. The van der Waals surface area contributed by atoms with E-state index in [1.54, 1.807) is 6.07 Å². The van der Waals surface area contributed by atoms with E-state index in [4.69, 9.17) is 20.8 Å². The Morgan fingerprint density at radius 3 is 2.64 bits per heavy atom. The first kappa shape index (κ1) is 24.1. The molecule has 1 aliphatic carbocycles. The van der Waals surface area contributed by atoms with E-state index in [-0.39, 0.29) is 58.7 Å². The van der Waals surface area contributed by atoms with Crippen LogP contribution in [0.1, 0.15) is 36.2 Å². The normalized spacial score (nSPS) is 20.4. The van der Waals surface area contributed by atoms with Gasteiger partial charge >= 0.3 is 0 Å². The zero-order chi connectivity index (χ0) is 25.2. The Morgan fingerprint density at radius 2 is 1.92 bits per heavy atom. The van der Waals surface area contributed by atoms with Gasteiger partial charge in [0.15, 0.2) is 5.58 Å². The van der Waals surface area contributed by atoms with Gasteiger partial charge in [0.25, 0.3) is 5.91 Å². The monoisotopic (exact) mass is 515 g/mol. The van der Waals surface area contributed by atoms with Crippen molar-refractivity contribution in [1.29, 1.82) is 0 Å².